The van der Waals surface area contributed by atoms with E-state index < -0.39 is 12.1 Å². The predicted molar refractivity (Wildman–Crippen MR) is 72.9 cm³/mol. The summed E-state index contributed by atoms with van der Waals surface area (Å²) in [7, 11) is 3.03. The molecule has 0 aliphatic heterocycles. The number of carbonyl (C=O) groups excluding carboxylic acids is 1. The van der Waals surface area contributed by atoms with Crippen LogP contribution >= 0.6 is 11.8 Å². The molecule has 1 aromatic rings. The van der Waals surface area contributed by atoms with Crippen molar-refractivity contribution in [2.45, 2.75) is 17.9 Å². The van der Waals surface area contributed by atoms with Gasteiger partial charge in [0.15, 0.2) is 17.6 Å². The molecule has 0 aliphatic rings. The second kappa shape index (κ2) is 7.25. The molecule has 0 spiro atoms. The number of rotatable bonds is 6. The molecule has 1 rings (SSSR count). The molecule has 6 heteroatoms. The van der Waals surface area contributed by atoms with Crippen molar-refractivity contribution in [1.29, 1.82) is 0 Å². The Hall–Kier alpha value is -1.40. The maximum absolute atomic E-state index is 11.6. The van der Waals surface area contributed by atoms with E-state index >= 15 is 0 Å². The first-order chi connectivity index (χ1) is 9.08. The van der Waals surface area contributed by atoms with Crippen molar-refractivity contribution in [1.82, 2.24) is 0 Å². The van der Waals surface area contributed by atoms with Crippen LogP contribution in [0.3, 0.4) is 0 Å². The van der Waals surface area contributed by atoms with E-state index in [-0.39, 0.29) is 6.61 Å². The lowest BCUT2D eigenvalue weighted by atomic mass is 10.1. The molecule has 0 amide bonds. The largest absolute Gasteiger partial charge is 0.493 e. The van der Waals surface area contributed by atoms with Crippen molar-refractivity contribution in [2.75, 3.05) is 27.1 Å². The van der Waals surface area contributed by atoms with E-state index in [1.807, 2.05) is 6.26 Å². The van der Waals surface area contributed by atoms with Gasteiger partial charge in [-0.15, -0.1) is 11.8 Å². The topological polar surface area (TPSA) is 65.0 Å². The normalized spacial score (nSPS) is 11.8. The summed E-state index contributed by atoms with van der Waals surface area (Å²) in [5.74, 6) is 0.329. The van der Waals surface area contributed by atoms with Gasteiger partial charge in [-0.3, -0.25) is 0 Å². The minimum Gasteiger partial charge on any atom is -0.493 e. The number of aliphatic hydroxyl groups excluding tert-OH is 1. The molecule has 106 valence electrons. The Morgan fingerprint density at radius 3 is 2.37 bits per heavy atom. The lowest BCUT2D eigenvalue weighted by Gasteiger charge is -2.16. The van der Waals surface area contributed by atoms with Crippen molar-refractivity contribution >= 4 is 17.7 Å². The molecular formula is C13H18O5S. The summed E-state index contributed by atoms with van der Waals surface area (Å²) in [5.41, 5.74) is 0.448. The van der Waals surface area contributed by atoms with Gasteiger partial charge in [0.1, 0.15) is 0 Å². The average molecular weight is 286 g/mol. The number of ether oxygens (including phenoxy) is 3. The lowest BCUT2D eigenvalue weighted by Crippen LogP contribution is -2.16. The fourth-order valence-electron chi connectivity index (χ4n) is 1.61. The molecule has 0 saturated carbocycles. The second-order valence-electron chi connectivity index (χ2n) is 3.60. The van der Waals surface area contributed by atoms with E-state index in [4.69, 9.17) is 14.2 Å². The fourth-order valence-corrected chi connectivity index (χ4v) is 2.25. The predicted octanol–water partition coefficient (Wildman–Crippen LogP) is 2.02. The lowest BCUT2D eigenvalue weighted by molar-refractivity contribution is -0.153. The van der Waals surface area contributed by atoms with E-state index in [1.165, 1.54) is 26.0 Å². The maximum Gasteiger partial charge on any atom is 0.339 e. The Balaban J connectivity index is 3.21. The summed E-state index contributed by atoms with van der Waals surface area (Å²) < 4.78 is 15.2. The van der Waals surface area contributed by atoms with Gasteiger partial charge in [-0.1, -0.05) is 0 Å². The highest BCUT2D eigenvalue weighted by atomic mass is 32.2. The Morgan fingerprint density at radius 1 is 1.32 bits per heavy atom. The van der Waals surface area contributed by atoms with E-state index in [0.717, 1.165) is 4.90 Å². The van der Waals surface area contributed by atoms with Crippen LogP contribution < -0.4 is 9.47 Å². The van der Waals surface area contributed by atoms with Crippen LogP contribution in [0.1, 0.15) is 18.6 Å². The van der Waals surface area contributed by atoms with E-state index in [9.17, 15) is 9.90 Å². The molecular weight excluding hydrogens is 268 g/mol. The van der Waals surface area contributed by atoms with Gasteiger partial charge in [0.2, 0.25) is 0 Å². The van der Waals surface area contributed by atoms with Crippen molar-refractivity contribution in [3.63, 3.8) is 0 Å². The third-order valence-electron chi connectivity index (χ3n) is 2.54. The van der Waals surface area contributed by atoms with Crippen molar-refractivity contribution in [3.8, 4) is 11.5 Å². The molecule has 1 N–H and O–H groups in total. The maximum atomic E-state index is 11.6. The van der Waals surface area contributed by atoms with Gasteiger partial charge in [0.05, 0.1) is 20.8 Å². The molecule has 19 heavy (non-hydrogen) atoms. The summed E-state index contributed by atoms with van der Waals surface area (Å²) in [6, 6.07) is 3.31. The van der Waals surface area contributed by atoms with E-state index in [0.29, 0.717) is 17.1 Å². The highest BCUT2D eigenvalue weighted by Gasteiger charge is 2.24. The zero-order valence-electron chi connectivity index (χ0n) is 11.4. The highest BCUT2D eigenvalue weighted by molar-refractivity contribution is 7.98. The molecule has 5 nitrogen and oxygen atoms in total. The Labute approximate surface area is 116 Å². The Bertz CT molecular complexity index is 447. The van der Waals surface area contributed by atoms with Gasteiger partial charge in [-0.2, -0.15) is 0 Å². The first-order valence-electron chi connectivity index (χ1n) is 5.73. The Morgan fingerprint density at radius 2 is 1.89 bits per heavy atom. The van der Waals surface area contributed by atoms with Crippen LogP contribution in [-0.4, -0.2) is 38.2 Å². The van der Waals surface area contributed by atoms with Crippen LogP contribution in [0.15, 0.2) is 17.0 Å². The number of thioether (sulfide) groups is 1. The molecule has 0 saturated heterocycles. The fraction of sp³-hybridized carbons (Fsp3) is 0.462. The number of methoxy groups -OCH3 is 2. The quantitative estimate of drug-likeness (QED) is 0.637. The van der Waals surface area contributed by atoms with Gasteiger partial charge >= 0.3 is 5.97 Å². The molecule has 1 aromatic carbocycles. The third-order valence-corrected chi connectivity index (χ3v) is 3.33. The number of hydrogen-bond donors (Lipinski definition) is 1. The van der Waals surface area contributed by atoms with Crippen LogP contribution in [0.2, 0.25) is 0 Å². The molecule has 1 unspecified atom stereocenters. The number of hydrogen-bond acceptors (Lipinski definition) is 6. The van der Waals surface area contributed by atoms with Crippen LogP contribution in [0.5, 0.6) is 11.5 Å². The van der Waals surface area contributed by atoms with Gasteiger partial charge in [-0.25, -0.2) is 4.79 Å². The summed E-state index contributed by atoms with van der Waals surface area (Å²) in [4.78, 5) is 12.3. The molecule has 0 aromatic heterocycles. The first kappa shape index (κ1) is 15.7. The van der Waals surface area contributed by atoms with Crippen LogP contribution in [0.25, 0.3) is 0 Å². The molecule has 0 fully saturated rings. The molecule has 0 radical (unpaired) electrons. The van der Waals surface area contributed by atoms with E-state index in [2.05, 4.69) is 0 Å². The zero-order chi connectivity index (χ0) is 14.4. The van der Waals surface area contributed by atoms with Crippen LogP contribution in [0.4, 0.5) is 0 Å². The minimum atomic E-state index is -1.33. The van der Waals surface area contributed by atoms with Gasteiger partial charge in [0, 0.05) is 10.5 Å². The molecule has 0 heterocycles. The average Bonchev–Trinajstić information content (AvgIpc) is 2.45. The van der Waals surface area contributed by atoms with E-state index in [1.54, 1.807) is 19.1 Å². The monoisotopic (exact) mass is 286 g/mol. The van der Waals surface area contributed by atoms with Crippen LogP contribution in [-0.2, 0) is 9.53 Å². The number of aliphatic hydroxyl groups is 1. The van der Waals surface area contributed by atoms with Crippen molar-refractivity contribution < 1.29 is 24.1 Å². The summed E-state index contributed by atoms with van der Waals surface area (Å²) in [6.07, 6.45) is 0.519. The number of benzene rings is 1. The zero-order valence-corrected chi connectivity index (χ0v) is 12.2. The summed E-state index contributed by atoms with van der Waals surface area (Å²) in [6.45, 7) is 1.91. The minimum absolute atomic E-state index is 0.220. The smallest absolute Gasteiger partial charge is 0.339 e. The van der Waals surface area contributed by atoms with Crippen LogP contribution in [0, 0.1) is 0 Å². The second-order valence-corrected chi connectivity index (χ2v) is 4.45. The first-order valence-corrected chi connectivity index (χ1v) is 6.96. The van der Waals surface area contributed by atoms with Crippen molar-refractivity contribution in [2.24, 2.45) is 0 Å². The summed E-state index contributed by atoms with van der Waals surface area (Å²) >= 11 is 1.40. The number of esters is 1. The highest BCUT2D eigenvalue weighted by Crippen LogP contribution is 2.37. The molecule has 0 bridgehead atoms. The molecule has 1 atom stereocenters. The Kier molecular flexibility index (Phi) is 5.98. The standard InChI is InChI=1S/C13H18O5S/c1-5-18-13(15)12(14)8-6-9(16-2)10(17-3)7-11(8)19-4/h6-7,12,14H,5H2,1-4H3. The van der Waals surface area contributed by atoms with Gasteiger partial charge in [-0.05, 0) is 25.3 Å². The van der Waals surface area contributed by atoms with Crippen molar-refractivity contribution in [3.05, 3.63) is 17.7 Å². The number of carbonyl (C=O) groups is 1. The molecule has 0 aliphatic carbocycles. The van der Waals surface area contributed by atoms with Gasteiger partial charge < -0.3 is 19.3 Å². The SMILES string of the molecule is CCOC(=O)C(O)c1cc(OC)c(OC)cc1SC. The van der Waals surface area contributed by atoms with Gasteiger partial charge in [0.25, 0.3) is 0 Å². The third kappa shape index (κ3) is 3.54. The summed E-state index contributed by atoms with van der Waals surface area (Å²) in [5, 5.41) is 10.0.